The second kappa shape index (κ2) is 7.45. The van der Waals surface area contributed by atoms with Crippen LogP contribution in [0, 0.1) is 5.92 Å². The van der Waals surface area contributed by atoms with Crippen molar-refractivity contribution in [1.82, 2.24) is 14.0 Å². The molecule has 1 aromatic heterocycles. The van der Waals surface area contributed by atoms with Crippen LogP contribution >= 0.6 is 0 Å². The molecule has 138 valence electrons. The van der Waals surface area contributed by atoms with Gasteiger partial charge >= 0.3 is 5.69 Å². The summed E-state index contributed by atoms with van der Waals surface area (Å²) in [5, 5.41) is 0. The fourth-order valence-electron chi connectivity index (χ4n) is 3.98. The number of aromatic nitrogens is 2. The minimum absolute atomic E-state index is 0.254. The summed E-state index contributed by atoms with van der Waals surface area (Å²) < 4.78 is 2.61. The number of rotatable bonds is 3. The summed E-state index contributed by atoms with van der Waals surface area (Å²) >= 11 is 0. The quantitative estimate of drug-likeness (QED) is 0.807. The number of amides is 1. The second-order valence-corrected chi connectivity index (χ2v) is 7.32. The number of nitrogens with zero attached hydrogens (tertiary/aromatic N) is 4. The lowest BCUT2D eigenvalue weighted by atomic mass is 9.86. The number of hydrogen-bond acceptors (Lipinski definition) is 4. The molecular formula is C18H28N4O3. The molecule has 0 bridgehead atoms. The monoisotopic (exact) mass is 348 g/mol. The van der Waals surface area contributed by atoms with Gasteiger partial charge in [-0.15, -0.1) is 0 Å². The molecule has 0 spiro atoms. The Morgan fingerprint density at radius 3 is 2.28 bits per heavy atom. The highest BCUT2D eigenvalue weighted by atomic mass is 16.2. The number of carbonyl (C=O) groups excluding carboxylic acids is 1. The highest BCUT2D eigenvalue weighted by Gasteiger charge is 2.25. The van der Waals surface area contributed by atoms with Crippen molar-refractivity contribution in [2.24, 2.45) is 20.0 Å². The van der Waals surface area contributed by atoms with E-state index in [1.807, 2.05) is 9.80 Å². The maximum atomic E-state index is 12.5. The van der Waals surface area contributed by atoms with Crippen LogP contribution in [0.3, 0.4) is 0 Å². The lowest BCUT2D eigenvalue weighted by Crippen LogP contribution is -2.51. The van der Waals surface area contributed by atoms with Gasteiger partial charge in [0.15, 0.2) is 0 Å². The van der Waals surface area contributed by atoms with E-state index in [1.54, 1.807) is 7.05 Å². The summed E-state index contributed by atoms with van der Waals surface area (Å²) in [7, 11) is 3.16. The van der Waals surface area contributed by atoms with Crippen molar-refractivity contribution in [1.29, 1.82) is 0 Å². The molecule has 0 aromatic carbocycles. The van der Waals surface area contributed by atoms with Gasteiger partial charge in [0.1, 0.15) is 5.82 Å². The Kier molecular flexibility index (Phi) is 5.30. The molecule has 1 aromatic rings. The van der Waals surface area contributed by atoms with E-state index in [-0.39, 0.29) is 17.2 Å². The van der Waals surface area contributed by atoms with Crippen molar-refractivity contribution in [2.75, 3.05) is 31.1 Å². The molecule has 7 heteroatoms. The predicted octanol–water partition coefficient (Wildman–Crippen LogP) is 0.703. The van der Waals surface area contributed by atoms with Crippen molar-refractivity contribution in [3.63, 3.8) is 0 Å². The van der Waals surface area contributed by atoms with Gasteiger partial charge in [0, 0.05) is 52.8 Å². The molecular weight excluding hydrogens is 320 g/mol. The third-order valence-electron chi connectivity index (χ3n) is 5.65. The van der Waals surface area contributed by atoms with Crippen LogP contribution in [0.2, 0.25) is 0 Å². The van der Waals surface area contributed by atoms with Crippen molar-refractivity contribution in [3.8, 4) is 0 Å². The van der Waals surface area contributed by atoms with Crippen LogP contribution in [-0.4, -0.2) is 46.1 Å². The summed E-state index contributed by atoms with van der Waals surface area (Å²) in [6.45, 7) is 2.59. The predicted molar refractivity (Wildman–Crippen MR) is 96.9 cm³/mol. The van der Waals surface area contributed by atoms with E-state index in [1.165, 1.54) is 49.8 Å². The average Bonchev–Trinajstić information content (AvgIpc) is 2.64. The van der Waals surface area contributed by atoms with Crippen LogP contribution in [-0.2, 0) is 18.9 Å². The van der Waals surface area contributed by atoms with Crippen LogP contribution in [0.5, 0.6) is 0 Å². The van der Waals surface area contributed by atoms with Gasteiger partial charge < -0.3 is 9.80 Å². The van der Waals surface area contributed by atoms with Gasteiger partial charge in [-0.1, -0.05) is 19.3 Å². The molecule has 2 fully saturated rings. The van der Waals surface area contributed by atoms with Gasteiger partial charge in [0.25, 0.3) is 5.56 Å². The molecule has 1 amide bonds. The highest BCUT2D eigenvalue weighted by molar-refractivity contribution is 5.76. The van der Waals surface area contributed by atoms with E-state index in [9.17, 15) is 14.4 Å². The zero-order valence-electron chi connectivity index (χ0n) is 15.2. The van der Waals surface area contributed by atoms with E-state index >= 15 is 0 Å². The van der Waals surface area contributed by atoms with E-state index < -0.39 is 0 Å². The Morgan fingerprint density at radius 2 is 1.64 bits per heavy atom. The molecule has 1 saturated carbocycles. The average molecular weight is 348 g/mol. The molecule has 0 atom stereocenters. The zero-order valence-corrected chi connectivity index (χ0v) is 15.2. The number of piperazine rings is 1. The summed E-state index contributed by atoms with van der Waals surface area (Å²) in [4.78, 5) is 40.5. The number of anilines is 1. The van der Waals surface area contributed by atoms with Crippen LogP contribution in [0.15, 0.2) is 15.7 Å². The maximum Gasteiger partial charge on any atom is 0.332 e. The van der Waals surface area contributed by atoms with Gasteiger partial charge in [-0.25, -0.2) is 4.79 Å². The summed E-state index contributed by atoms with van der Waals surface area (Å²) in [6.07, 6.45) is 6.84. The summed E-state index contributed by atoms with van der Waals surface area (Å²) in [5.74, 6) is 1.44. The molecule has 1 saturated heterocycles. The molecule has 2 aliphatic rings. The summed E-state index contributed by atoms with van der Waals surface area (Å²) in [5.41, 5.74) is -0.618. The molecule has 25 heavy (non-hydrogen) atoms. The van der Waals surface area contributed by atoms with Gasteiger partial charge in [-0.2, -0.15) is 0 Å². The van der Waals surface area contributed by atoms with Gasteiger partial charge in [-0.3, -0.25) is 18.7 Å². The fraction of sp³-hybridized carbons (Fsp3) is 0.722. The molecule has 0 unspecified atom stereocenters. The molecule has 1 aliphatic carbocycles. The minimum atomic E-state index is -0.321. The van der Waals surface area contributed by atoms with E-state index in [2.05, 4.69) is 0 Å². The first-order chi connectivity index (χ1) is 12.0. The first-order valence-corrected chi connectivity index (χ1v) is 9.27. The highest BCUT2D eigenvalue weighted by Crippen LogP contribution is 2.27. The lowest BCUT2D eigenvalue weighted by Gasteiger charge is -2.37. The first-order valence-electron chi connectivity index (χ1n) is 9.27. The smallest absolute Gasteiger partial charge is 0.332 e. The lowest BCUT2D eigenvalue weighted by molar-refractivity contribution is -0.132. The Labute approximate surface area is 147 Å². The molecule has 7 nitrogen and oxygen atoms in total. The van der Waals surface area contributed by atoms with Crippen LogP contribution in [0.25, 0.3) is 0 Å². The Morgan fingerprint density at radius 1 is 1.00 bits per heavy atom. The number of hydrogen-bond donors (Lipinski definition) is 0. The third kappa shape index (κ3) is 3.80. The SMILES string of the molecule is Cn1c(N2CCN(C(=O)CC3CCCCC3)CC2)cc(=O)n(C)c1=O. The van der Waals surface area contributed by atoms with E-state index in [0.29, 0.717) is 44.3 Å². The maximum absolute atomic E-state index is 12.5. The second-order valence-electron chi connectivity index (χ2n) is 7.32. The van der Waals surface area contributed by atoms with Crippen LogP contribution in [0.4, 0.5) is 5.82 Å². The number of carbonyl (C=O) groups is 1. The van der Waals surface area contributed by atoms with E-state index in [0.717, 1.165) is 4.57 Å². The normalized spacial score (nSPS) is 19.3. The van der Waals surface area contributed by atoms with Gasteiger partial charge in [0.2, 0.25) is 5.91 Å². The summed E-state index contributed by atoms with van der Waals surface area (Å²) in [6, 6.07) is 1.50. The van der Waals surface area contributed by atoms with Crippen LogP contribution < -0.4 is 16.1 Å². The van der Waals surface area contributed by atoms with Crippen molar-refractivity contribution >= 4 is 11.7 Å². The Bertz CT molecular complexity index is 738. The third-order valence-corrected chi connectivity index (χ3v) is 5.65. The zero-order chi connectivity index (χ0) is 18.0. The molecule has 0 radical (unpaired) electrons. The van der Waals surface area contributed by atoms with Gasteiger partial charge in [-0.05, 0) is 18.8 Å². The standard InChI is InChI=1S/C18H28N4O3/c1-19-15(13-16(23)20(2)18(19)25)21-8-10-22(11-9-21)17(24)12-14-6-4-3-5-7-14/h13-14H,3-12H2,1-2H3. The fourth-order valence-corrected chi connectivity index (χ4v) is 3.98. The van der Waals surface area contributed by atoms with Crippen molar-refractivity contribution in [2.45, 2.75) is 38.5 Å². The van der Waals surface area contributed by atoms with E-state index in [4.69, 9.17) is 0 Å². The largest absolute Gasteiger partial charge is 0.354 e. The minimum Gasteiger partial charge on any atom is -0.354 e. The van der Waals surface area contributed by atoms with Crippen molar-refractivity contribution in [3.05, 3.63) is 26.9 Å². The van der Waals surface area contributed by atoms with Crippen molar-refractivity contribution < 1.29 is 4.79 Å². The van der Waals surface area contributed by atoms with Crippen LogP contribution in [0.1, 0.15) is 38.5 Å². The molecule has 2 heterocycles. The Hall–Kier alpha value is -2.05. The van der Waals surface area contributed by atoms with Gasteiger partial charge in [0.05, 0.1) is 0 Å². The Balaban J connectivity index is 1.61. The first kappa shape index (κ1) is 17.8. The molecule has 1 aliphatic heterocycles. The topological polar surface area (TPSA) is 67.5 Å². The molecule has 0 N–H and O–H groups in total. The molecule has 3 rings (SSSR count).